The first kappa shape index (κ1) is 8.66. The van der Waals surface area contributed by atoms with Crippen molar-refractivity contribution in [3.05, 3.63) is 12.2 Å². The number of hydrogen-bond acceptors (Lipinski definition) is 2. The Morgan fingerprint density at radius 3 is 2.56 bits per heavy atom. The van der Waals surface area contributed by atoms with Gasteiger partial charge in [0.1, 0.15) is 0 Å². The van der Waals surface area contributed by atoms with Gasteiger partial charge in [-0.2, -0.15) is 0 Å². The Balaban J connectivity index is 3.15. The molecule has 0 aromatic heterocycles. The summed E-state index contributed by atoms with van der Waals surface area (Å²) in [7, 11) is 0. The van der Waals surface area contributed by atoms with Crippen LogP contribution in [0.25, 0.3) is 0 Å². The van der Waals surface area contributed by atoms with Crippen LogP contribution in [0.1, 0.15) is 19.8 Å². The van der Waals surface area contributed by atoms with Crippen LogP contribution in [-0.4, -0.2) is 22.9 Å². The minimum absolute atomic E-state index is 0.145. The van der Waals surface area contributed by atoms with E-state index in [1.807, 2.05) is 19.1 Å². The van der Waals surface area contributed by atoms with Crippen molar-refractivity contribution in [3.63, 3.8) is 0 Å². The topological polar surface area (TPSA) is 40.5 Å². The van der Waals surface area contributed by atoms with Crippen LogP contribution in [0.3, 0.4) is 0 Å². The molecular formula is C7H14O2. The monoisotopic (exact) mass is 130 g/mol. The van der Waals surface area contributed by atoms with Crippen LogP contribution in [0.15, 0.2) is 12.2 Å². The van der Waals surface area contributed by atoms with Gasteiger partial charge in [0.2, 0.25) is 0 Å². The van der Waals surface area contributed by atoms with E-state index in [-0.39, 0.29) is 6.61 Å². The molecule has 2 N–H and O–H groups in total. The minimum Gasteiger partial charge on any atom is -0.394 e. The summed E-state index contributed by atoms with van der Waals surface area (Å²) in [4.78, 5) is 0. The summed E-state index contributed by atoms with van der Waals surface area (Å²) < 4.78 is 0. The fourth-order valence-corrected chi connectivity index (χ4v) is 0.495. The molecule has 2 nitrogen and oxygen atoms in total. The fraction of sp³-hybridized carbons (Fsp3) is 0.714. The number of hydrogen-bond donors (Lipinski definition) is 2. The van der Waals surface area contributed by atoms with Gasteiger partial charge in [0.15, 0.2) is 0 Å². The molecule has 2 heteroatoms. The molecule has 54 valence electrons. The molecule has 0 aliphatic rings. The number of allylic oxidation sites excluding steroid dienone is 1. The summed E-state index contributed by atoms with van der Waals surface area (Å²) in [5, 5.41) is 17.1. The molecule has 0 aliphatic carbocycles. The third kappa shape index (κ3) is 5.53. The van der Waals surface area contributed by atoms with Crippen LogP contribution in [0.2, 0.25) is 0 Å². The van der Waals surface area contributed by atoms with Crippen molar-refractivity contribution < 1.29 is 10.2 Å². The SMILES string of the molecule is CC/C=C\C[C@H](O)CO. The Labute approximate surface area is 55.8 Å². The predicted octanol–water partition coefficient (Wildman–Crippen LogP) is 0.696. The van der Waals surface area contributed by atoms with E-state index in [0.29, 0.717) is 6.42 Å². The van der Waals surface area contributed by atoms with Crippen molar-refractivity contribution in [1.29, 1.82) is 0 Å². The lowest BCUT2D eigenvalue weighted by molar-refractivity contribution is 0.0975. The number of rotatable bonds is 4. The molecule has 0 spiro atoms. The van der Waals surface area contributed by atoms with Gasteiger partial charge in [-0.3, -0.25) is 0 Å². The molecule has 0 unspecified atom stereocenters. The van der Waals surface area contributed by atoms with Gasteiger partial charge in [-0.25, -0.2) is 0 Å². The lowest BCUT2D eigenvalue weighted by Crippen LogP contribution is -2.09. The van der Waals surface area contributed by atoms with Crippen molar-refractivity contribution in [2.45, 2.75) is 25.9 Å². The van der Waals surface area contributed by atoms with E-state index in [1.165, 1.54) is 0 Å². The number of aliphatic hydroxyl groups is 2. The van der Waals surface area contributed by atoms with Crippen molar-refractivity contribution in [3.8, 4) is 0 Å². The van der Waals surface area contributed by atoms with Crippen LogP contribution < -0.4 is 0 Å². The molecule has 1 atom stereocenters. The smallest absolute Gasteiger partial charge is 0.0805 e. The van der Waals surface area contributed by atoms with Crippen molar-refractivity contribution in [2.75, 3.05) is 6.61 Å². The zero-order valence-electron chi connectivity index (χ0n) is 5.75. The van der Waals surface area contributed by atoms with Crippen LogP contribution >= 0.6 is 0 Å². The molecule has 9 heavy (non-hydrogen) atoms. The first-order chi connectivity index (χ1) is 4.31. The Hall–Kier alpha value is -0.340. The quantitative estimate of drug-likeness (QED) is 0.550. The highest BCUT2D eigenvalue weighted by Crippen LogP contribution is 1.92. The highest BCUT2D eigenvalue weighted by molar-refractivity contribution is 4.82. The number of aliphatic hydroxyl groups excluding tert-OH is 2. The Bertz CT molecular complexity index is 79.0. The molecule has 0 aromatic rings. The highest BCUT2D eigenvalue weighted by Gasteiger charge is 1.95. The maximum absolute atomic E-state index is 8.78. The first-order valence-electron chi connectivity index (χ1n) is 3.25. The zero-order chi connectivity index (χ0) is 7.11. The molecule has 0 rings (SSSR count). The molecule has 0 aliphatic heterocycles. The first-order valence-corrected chi connectivity index (χ1v) is 3.25. The lowest BCUT2D eigenvalue weighted by atomic mass is 10.2. The summed E-state index contributed by atoms with van der Waals surface area (Å²) in [6.45, 7) is 1.88. The molecule has 0 aromatic carbocycles. The van der Waals surface area contributed by atoms with Gasteiger partial charge < -0.3 is 10.2 Å². The lowest BCUT2D eigenvalue weighted by Gasteiger charge is -1.99. The van der Waals surface area contributed by atoms with E-state index in [4.69, 9.17) is 10.2 Å². The molecule has 0 radical (unpaired) electrons. The molecule has 0 bridgehead atoms. The largest absolute Gasteiger partial charge is 0.394 e. The molecule has 0 fully saturated rings. The summed E-state index contributed by atoms with van der Waals surface area (Å²) in [6.07, 6.45) is 4.82. The van der Waals surface area contributed by atoms with Crippen LogP contribution in [0, 0.1) is 0 Å². The predicted molar refractivity (Wildman–Crippen MR) is 37.1 cm³/mol. The van der Waals surface area contributed by atoms with E-state index in [1.54, 1.807) is 0 Å². The van der Waals surface area contributed by atoms with E-state index < -0.39 is 6.10 Å². The van der Waals surface area contributed by atoms with Crippen molar-refractivity contribution in [2.24, 2.45) is 0 Å². The second kappa shape index (κ2) is 5.79. The van der Waals surface area contributed by atoms with Crippen molar-refractivity contribution in [1.82, 2.24) is 0 Å². The summed E-state index contributed by atoms with van der Waals surface area (Å²) in [6, 6.07) is 0. The van der Waals surface area contributed by atoms with Crippen LogP contribution in [0.4, 0.5) is 0 Å². The maximum atomic E-state index is 8.78. The summed E-state index contributed by atoms with van der Waals surface area (Å²) in [5.74, 6) is 0. The van der Waals surface area contributed by atoms with Gasteiger partial charge in [-0.15, -0.1) is 0 Å². The summed E-state index contributed by atoms with van der Waals surface area (Å²) in [5.41, 5.74) is 0. The summed E-state index contributed by atoms with van der Waals surface area (Å²) >= 11 is 0. The second-order valence-corrected chi connectivity index (χ2v) is 1.95. The molecule has 0 amide bonds. The van der Waals surface area contributed by atoms with E-state index in [2.05, 4.69) is 0 Å². The van der Waals surface area contributed by atoms with Crippen molar-refractivity contribution >= 4 is 0 Å². The fourth-order valence-electron chi connectivity index (χ4n) is 0.495. The Kier molecular flexibility index (Phi) is 5.57. The Morgan fingerprint density at radius 1 is 1.44 bits per heavy atom. The standard InChI is InChI=1S/C7H14O2/c1-2-3-4-5-7(9)6-8/h3-4,7-9H,2,5-6H2,1H3/b4-3-/t7-/m0/s1. The zero-order valence-corrected chi connectivity index (χ0v) is 5.75. The normalized spacial score (nSPS) is 14.6. The maximum Gasteiger partial charge on any atom is 0.0805 e. The average molecular weight is 130 g/mol. The molecule has 0 saturated carbocycles. The average Bonchev–Trinajstić information content (AvgIpc) is 1.89. The van der Waals surface area contributed by atoms with Crippen LogP contribution in [-0.2, 0) is 0 Å². The van der Waals surface area contributed by atoms with Gasteiger partial charge >= 0.3 is 0 Å². The van der Waals surface area contributed by atoms with Gasteiger partial charge in [-0.05, 0) is 12.8 Å². The van der Waals surface area contributed by atoms with Gasteiger partial charge in [0.25, 0.3) is 0 Å². The highest BCUT2D eigenvalue weighted by atomic mass is 16.3. The van der Waals surface area contributed by atoms with Gasteiger partial charge in [-0.1, -0.05) is 19.1 Å². The van der Waals surface area contributed by atoms with E-state index in [9.17, 15) is 0 Å². The Morgan fingerprint density at radius 2 is 2.11 bits per heavy atom. The minimum atomic E-state index is -0.576. The third-order valence-corrected chi connectivity index (χ3v) is 1.02. The van der Waals surface area contributed by atoms with Gasteiger partial charge in [0, 0.05) is 0 Å². The second-order valence-electron chi connectivity index (χ2n) is 1.95. The third-order valence-electron chi connectivity index (χ3n) is 1.02. The molecular weight excluding hydrogens is 116 g/mol. The van der Waals surface area contributed by atoms with Crippen LogP contribution in [0.5, 0.6) is 0 Å². The van der Waals surface area contributed by atoms with Gasteiger partial charge in [0.05, 0.1) is 12.7 Å². The molecule has 0 saturated heterocycles. The molecule has 0 heterocycles. The van der Waals surface area contributed by atoms with E-state index in [0.717, 1.165) is 6.42 Å². The van der Waals surface area contributed by atoms with E-state index >= 15 is 0 Å².